The molecule has 0 bridgehead atoms. The zero-order chi connectivity index (χ0) is 23.6. The van der Waals surface area contributed by atoms with Crippen molar-refractivity contribution in [2.24, 2.45) is 5.92 Å². The summed E-state index contributed by atoms with van der Waals surface area (Å²) in [7, 11) is -3.83. The monoisotopic (exact) mass is 489 g/mol. The van der Waals surface area contributed by atoms with Crippen molar-refractivity contribution in [1.29, 1.82) is 0 Å². The number of hydrogen-bond donors (Lipinski definition) is 0. The second-order valence-electron chi connectivity index (χ2n) is 8.28. The molecule has 0 spiro atoms. The number of nitrogens with zero attached hydrogens (tertiary/aromatic N) is 3. The third-order valence-corrected chi connectivity index (χ3v) is 7.49. The van der Waals surface area contributed by atoms with Gasteiger partial charge >= 0.3 is 5.97 Å². The number of esters is 1. The van der Waals surface area contributed by atoms with Crippen molar-refractivity contribution in [3.8, 4) is 0 Å². The van der Waals surface area contributed by atoms with Gasteiger partial charge in [-0.3, -0.25) is 0 Å². The van der Waals surface area contributed by atoms with Crippen molar-refractivity contribution >= 4 is 27.6 Å². The largest absolute Gasteiger partial charge is 0.452 e. The Kier molecular flexibility index (Phi) is 6.83. The van der Waals surface area contributed by atoms with Crippen LogP contribution in [0.2, 0.25) is 5.02 Å². The maximum absolute atomic E-state index is 13.3. The number of halogens is 1. The average molecular weight is 490 g/mol. The Morgan fingerprint density at radius 2 is 1.97 bits per heavy atom. The smallest absolute Gasteiger partial charge is 0.340 e. The molecule has 0 fully saturated rings. The van der Waals surface area contributed by atoms with Crippen LogP contribution < -0.4 is 0 Å². The van der Waals surface area contributed by atoms with Crippen LogP contribution in [0.3, 0.4) is 0 Å². The molecule has 174 valence electrons. The maximum Gasteiger partial charge on any atom is 0.340 e. The number of carbonyl (C=O) groups is 1. The molecule has 1 aliphatic heterocycles. The normalized spacial score (nSPS) is 14.3. The molecule has 0 saturated carbocycles. The van der Waals surface area contributed by atoms with Crippen LogP contribution in [-0.2, 0) is 40.8 Å². The van der Waals surface area contributed by atoms with Crippen molar-refractivity contribution in [1.82, 2.24) is 14.4 Å². The minimum atomic E-state index is -3.83. The van der Waals surface area contributed by atoms with E-state index < -0.39 is 16.0 Å². The lowest BCUT2D eigenvalue weighted by Crippen LogP contribution is -2.36. The van der Waals surface area contributed by atoms with E-state index >= 15 is 0 Å². The minimum absolute atomic E-state index is 0.0183. The topological polar surface area (TPSA) is 103 Å². The van der Waals surface area contributed by atoms with Gasteiger partial charge in [0.1, 0.15) is 0 Å². The van der Waals surface area contributed by atoms with Gasteiger partial charge in [-0.05, 0) is 41.7 Å². The first-order chi connectivity index (χ1) is 15.7. The lowest BCUT2D eigenvalue weighted by atomic mass is 10.0. The van der Waals surface area contributed by atoms with Crippen LogP contribution in [0.25, 0.3) is 0 Å². The number of carbonyl (C=O) groups excluding carboxylic acids is 1. The van der Waals surface area contributed by atoms with Crippen molar-refractivity contribution < 1.29 is 22.5 Å². The van der Waals surface area contributed by atoms with Crippen molar-refractivity contribution in [3.63, 3.8) is 0 Å². The molecule has 0 aliphatic carbocycles. The Morgan fingerprint density at radius 1 is 1.21 bits per heavy atom. The number of benzene rings is 2. The molecule has 0 unspecified atom stereocenters. The van der Waals surface area contributed by atoms with Crippen LogP contribution in [0.5, 0.6) is 0 Å². The molecule has 0 N–H and O–H groups in total. The van der Waals surface area contributed by atoms with E-state index in [4.69, 9.17) is 20.9 Å². The van der Waals surface area contributed by atoms with E-state index in [1.165, 1.54) is 22.5 Å². The minimum Gasteiger partial charge on any atom is -0.452 e. The van der Waals surface area contributed by atoms with Crippen LogP contribution in [0.15, 0.2) is 51.9 Å². The lowest BCUT2D eigenvalue weighted by molar-refractivity contribution is 0.0429. The molecule has 2 aromatic carbocycles. The fourth-order valence-electron chi connectivity index (χ4n) is 3.65. The van der Waals surface area contributed by atoms with E-state index in [0.29, 0.717) is 31.1 Å². The Hall–Kier alpha value is -2.75. The SMILES string of the molecule is CC(C)Cc1noc(COC(=O)c2cc(S(=O)(=O)N3CCc4ccccc4C3)ccc2Cl)n1. The molecule has 3 aromatic rings. The molecule has 1 aliphatic rings. The summed E-state index contributed by atoms with van der Waals surface area (Å²) in [5, 5.41) is 3.94. The van der Waals surface area contributed by atoms with Crippen LogP contribution in [0.1, 0.15) is 47.0 Å². The summed E-state index contributed by atoms with van der Waals surface area (Å²) in [6.45, 7) is 4.46. The van der Waals surface area contributed by atoms with Gasteiger partial charge in [0.2, 0.25) is 10.0 Å². The molecule has 0 amide bonds. The predicted molar refractivity (Wildman–Crippen MR) is 121 cm³/mol. The first kappa shape index (κ1) is 23.4. The standard InChI is InChI=1S/C23H24ClN3O5S/c1-15(2)11-21-25-22(32-26-21)14-31-23(28)19-12-18(7-8-20(19)24)33(29,30)27-10-9-16-5-3-4-6-17(16)13-27/h3-8,12,15H,9-11,13-14H2,1-2H3. The van der Waals surface area contributed by atoms with Gasteiger partial charge in [0.25, 0.3) is 5.89 Å². The summed E-state index contributed by atoms with van der Waals surface area (Å²) in [5.41, 5.74) is 2.07. The zero-order valence-corrected chi connectivity index (χ0v) is 19.9. The number of sulfonamides is 1. The Balaban J connectivity index is 1.49. The molecule has 1 aromatic heterocycles. The quantitative estimate of drug-likeness (QED) is 0.461. The fourth-order valence-corrected chi connectivity index (χ4v) is 5.29. The van der Waals surface area contributed by atoms with Crippen molar-refractivity contribution in [2.45, 2.75) is 44.7 Å². The average Bonchev–Trinajstić information content (AvgIpc) is 3.23. The summed E-state index contributed by atoms with van der Waals surface area (Å²) in [4.78, 5) is 16.8. The molecule has 33 heavy (non-hydrogen) atoms. The fraction of sp³-hybridized carbons (Fsp3) is 0.348. The molecule has 2 heterocycles. The molecular weight excluding hydrogens is 466 g/mol. The first-order valence-electron chi connectivity index (χ1n) is 10.6. The summed E-state index contributed by atoms with van der Waals surface area (Å²) >= 11 is 6.18. The highest BCUT2D eigenvalue weighted by atomic mass is 35.5. The van der Waals surface area contributed by atoms with Gasteiger partial charge in [0.05, 0.1) is 15.5 Å². The molecule has 0 atom stereocenters. The zero-order valence-electron chi connectivity index (χ0n) is 18.3. The molecular formula is C23H24ClN3O5S. The first-order valence-corrected chi connectivity index (χ1v) is 12.4. The van der Waals surface area contributed by atoms with E-state index in [1.807, 2.05) is 38.1 Å². The molecule has 0 saturated heterocycles. The van der Waals surface area contributed by atoms with Crippen molar-refractivity contribution in [2.75, 3.05) is 6.54 Å². The van der Waals surface area contributed by atoms with E-state index in [1.54, 1.807) is 0 Å². The Labute approximate surface area is 197 Å². The van der Waals surface area contributed by atoms with Gasteiger partial charge in [0, 0.05) is 19.5 Å². The van der Waals surface area contributed by atoms with E-state index in [-0.39, 0.29) is 34.5 Å². The predicted octanol–water partition coefficient (Wildman–Crippen LogP) is 4.03. The summed E-state index contributed by atoms with van der Waals surface area (Å²) in [5.74, 6) is 0.274. The number of ether oxygens (including phenoxy) is 1. The highest BCUT2D eigenvalue weighted by molar-refractivity contribution is 7.89. The second-order valence-corrected chi connectivity index (χ2v) is 10.6. The van der Waals surface area contributed by atoms with Crippen LogP contribution in [0.4, 0.5) is 0 Å². The molecule has 10 heteroatoms. The summed E-state index contributed by atoms with van der Waals surface area (Å²) < 4.78 is 38.2. The maximum atomic E-state index is 13.3. The Morgan fingerprint density at radius 3 is 2.73 bits per heavy atom. The van der Waals surface area contributed by atoms with Gasteiger partial charge in [0.15, 0.2) is 12.4 Å². The molecule has 4 rings (SSSR count). The second kappa shape index (κ2) is 9.62. The molecule has 8 nitrogen and oxygen atoms in total. The number of hydrogen-bond acceptors (Lipinski definition) is 7. The highest BCUT2D eigenvalue weighted by Gasteiger charge is 2.29. The van der Waals surface area contributed by atoms with E-state index in [0.717, 1.165) is 11.1 Å². The van der Waals surface area contributed by atoms with Gasteiger partial charge in [-0.25, -0.2) is 13.2 Å². The number of aromatic nitrogens is 2. The number of fused-ring (bicyclic) bond motifs is 1. The van der Waals surface area contributed by atoms with Crippen LogP contribution >= 0.6 is 11.6 Å². The third kappa shape index (κ3) is 5.26. The van der Waals surface area contributed by atoms with Crippen molar-refractivity contribution in [3.05, 3.63) is 75.9 Å². The van der Waals surface area contributed by atoms with Gasteiger partial charge in [-0.2, -0.15) is 9.29 Å². The highest BCUT2D eigenvalue weighted by Crippen LogP contribution is 2.28. The molecule has 0 radical (unpaired) electrons. The van der Waals surface area contributed by atoms with Gasteiger partial charge in [-0.15, -0.1) is 0 Å². The van der Waals surface area contributed by atoms with Gasteiger partial charge < -0.3 is 9.26 Å². The summed E-state index contributed by atoms with van der Waals surface area (Å²) in [6.07, 6.45) is 1.27. The number of rotatable bonds is 7. The summed E-state index contributed by atoms with van der Waals surface area (Å²) in [6, 6.07) is 11.8. The third-order valence-electron chi connectivity index (χ3n) is 5.32. The van der Waals surface area contributed by atoms with E-state index in [9.17, 15) is 13.2 Å². The van der Waals surface area contributed by atoms with Crippen LogP contribution in [0, 0.1) is 5.92 Å². The van der Waals surface area contributed by atoms with Gasteiger partial charge in [-0.1, -0.05) is 54.9 Å². The Bertz CT molecular complexity index is 1270. The van der Waals surface area contributed by atoms with Crippen LogP contribution in [-0.4, -0.2) is 35.4 Å². The van der Waals surface area contributed by atoms with E-state index in [2.05, 4.69) is 10.1 Å². The lowest BCUT2D eigenvalue weighted by Gasteiger charge is -2.28.